The molecule has 0 unspecified atom stereocenters. The van der Waals surface area contributed by atoms with Crippen LogP contribution in [-0.2, 0) is 21.2 Å². The van der Waals surface area contributed by atoms with Crippen LogP contribution in [0.15, 0.2) is 51.7 Å². The number of nitrogens with one attached hydrogen (secondary N) is 2. The number of nitrogens with zero attached hydrogens (tertiary/aromatic N) is 1. The average molecular weight is 349 g/mol. The van der Waals surface area contributed by atoms with Crippen molar-refractivity contribution in [3.63, 3.8) is 0 Å². The molecule has 1 aliphatic rings. The smallest absolute Gasteiger partial charge is 0.263 e. The van der Waals surface area contributed by atoms with Gasteiger partial charge >= 0.3 is 0 Å². The molecule has 0 radical (unpaired) electrons. The first kappa shape index (κ1) is 15.7. The van der Waals surface area contributed by atoms with Gasteiger partial charge in [0.05, 0.1) is 17.9 Å². The summed E-state index contributed by atoms with van der Waals surface area (Å²) in [5, 5.41) is 4.70. The summed E-state index contributed by atoms with van der Waals surface area (Å²) < 4.78 is 26.3. The number of carbonyl (C=O) groups excluding carboxylic acids is 1. The molecule has 0 saturated carbocycles. The summed E-state index contributed by atoms with van der Waals surface area (Å²) in [7, 11) is -3.51. The number of hydrogen-bond acceptors (Lipinski definition) is 5. The number of benzene rings is 1. The molecule has 0 spiro atoms. The van der Waals surface area contributed by atoms with E-state index in [0.29, 0.717) is 30.9 Å². The van der Waals surface area contributed by atoms with Crippen molar-refractivity contribution in [1.82, 2.24) is 10.0 Å². The van der Waals surface area contributed by atoms with Crippen LogP contribution in [0.2, 0.25) is 0 Å². The van der Waals surface area contributed by atoms with Gasteiger partial charge in [-0.15, -0.1) is 11.3 Å². The highest BCUT2D eigenvalue weighted by Crippen LogP contribution is 2.21. The van der Waals surface area contributed by atoms with Gasteiger partial charge < -0.3 is 5.32 Å². The maximum absolute atomic E-state index is 11.9. The zero-order chi connectivity index (χ0) is 16.3. The van der Waals surface area contributed by atoms with E-state index in [1.165, 1.54) is 11.3 Å². The second kappa shape index (κ2) is 6.51. The Balaban J connectivity index is 1.56. The van der Waals surface area contributed by atoms with Crippen LogP contribution in [0.4, 0.5) is 0 Å². The molecule has 0 atom stereocenters. The molecule has 1 aromatic heterocycles. The maximum atomic E-state index is 11.9. The van der Waals surface area contributed by atoms with Gasteiger partial charge in [-0.3, -0.25) is 14.5 Å². The zero-order valence-corrected chi connectivity index (χ0v) is 13.8. The normalized spacial score (nSPS) is 16.8. The molecule has 0 bridgehead atoms. The van der Waals surface area contributed by atoms with E-state index in [2.05, 4.69) is 15.0 Å². The first-order chi connectivity index (χ1) is 11.1. The first-order valence-electron chi connectivity index (χ1n) is 7.02. The number of thiophene rings is 1. The lowest BCUT2D eigenvalue weighted by Crippen LogP contribution is -2.28. The van der Waals surface area contributed by atoms with E-state index in [9.17, 15) is 13.2 Å². The van der Waals surface area contributed by atoms with Gasteiger partial charge in [0.25, 0.3) is 10.0 Å². The van der Waals surface area contributed by atoms with E-state index < -0.39 is 10.0 Å². The Labute approximate surface area is 138 Å². The molecule has 0 fully saturated rings. The van der Waals surface area contributed by atoms with E-state index >= 15 is 0 Å². The molecule has 1 aliphatic heterocycles. The Kier molecular flexibility index (Phi) is 4.44. The number of carbonyl (C=O) groups is 1. The van der Waals surface area contributed by atoms with Crippen molar-refractivity contribution in [2.24, 2.45) is 4.99 Å². The average Bonchev–Trinajstić information content (AvgIpc) is 3.11. The minimum atomic E-state index is -3.51. The molecule has 120 valence electrons. The number of hydrogen-bond donors (Lipinski definition) is 2. The van der Waals surface area contributed by atoms with Crippen LogP contribution < -0.4 is 10.0 Å². The van der Waals surface area contributed by atoms with Crippen LogP contribution in [0.1, 0.15) is 10.4 Å². The van der Waals surface area contributed by atoms with Crippen LogP contribution in [0, 0.1) is 0 Å². The molecule has 0 saturated heterocycles. The molecular weight excluding hydrogens is 334 g/mol. The van der Waals surface area contributed by atoms with Crippen molar-refractivity contribution in [2.75, 3.05) is 13.1 Å². The number of fused-ring (bicyclic) bond motifs is 1. The standard InChI is InChI=1S/C15H15N3O3S2/c19-14(10-11-4-3-9-22-11)16-7-8-17-15-12-5-1-2-6-13(12)23(20,21)18-15/h1-6,9H,7-8,10H2,(H,16,19)(H,17,18). The summed E-state index contributed by atoms with van der Waals surface area (Å²) in [6.07, 6.45) is 0.351. The quantitative estimate of drug-likeness (QED) is 0.794. The lowest BCUT2D eigenvalue weighted by atomic mass is 10.2. The summed E-state index contributed by atoms with van der Waals surface area (Å²) in [5.41, 5.74) is 0.567. The predicted molar refractivity (Wildman–Crippen MR) is 89.2 cm³/mol. The molecule has 1 amide bonds. The lowest BCUT2D eigenvalue weighted by molar-refractivity contribution is -0.120. The van der Waals surface area contributed by atoms with Crippen LogP contribution in [0.25, 0.3) is 0 Å². The lowest BCUT2D eigenvalue weighted by Gasteiger charge is -2.03. The number of amides is 1. The van der Waals surface area contributed by atoms with E-state index in [-0.39, 0.29) is 10.8 Å². The summed E-state index contributed by atoms with van der Waals surface area (Å²) in [5.74, 6) is 0.258. The van der Waals surface area contributed by atoms with Crippen molar-refractivity contribution >= 4 is 33.1 Å². The molecular formula is C15H15N3O3S2. The molecule has 2 N–H and O–H groups in total. The van der Waals surface area contributed by atoms with Crippen molar-refractivity contribution in [3.8, 4) is 0 Å². The second-order valence-electron chi connectivity index (χ2n) is 4.94. The van der Waals surface area contributed by atoms with Crippen LogP contribution in [0.3, 0.4) is 0 Å². The molecule has 1 aromatic carbocycles. The highest BCUT2D eigenvalue weighted by molar-refractivity contribution is 7.90. The van der Waals surface area contributed by atoms with Gasteiger partial charge in [-0.1, -0.05) is 18.2 Å². The number of sulfonamides is 1. The predicted octanol–water partition coefficient (Wildman–Crippen LogP) is 1.15. The highest BCUT2D eigenvalue weighted by Gasteiger charge is 2.29. The zero-order valence-electron chi connectivity index (χ0n) is 12.2. The number of amidine groups is 1. The third-order valence-electron chi connectivity index (χ3n) is 3.28. The molecule has 23 heavy (non-hydrogen) atoms. The summed E-state index contributed by atoms with van der Waals surface area (Å²) in [4.78, 5) is 17.2. The molecule has 6 nitrogen and oxygen atoms in total. The van der Waals surface area contributed by atoms with Crippen molar-refractivity contribution in [3.05, 3.63) is 52.2 Å². The number of rotatable bonds is 5. The molecule has 3 rings (SSSR count). The van der Waals surface area contributed by atoms with Crippen LogP contribution >= 0.6 is 11.3 Å². The van der Waals surface area contributed by atoms with E-state index in [4.69, 9.17) is 0 Å². The Morgan fingerprint density at radius 1 is 1.22 bits per heavy atom. The van der Waals surface area contributed by atoms with Gasteiger partial charge in [-0.25, -0.2) is 8.42 Å². The topological polar surface area (TPSA) is 87.6 Å². The molecule has 2 heterocycles. The van der Waals surface area contributed by atoms with Gasteiger partial charge in [-0.2, -0.15) is 0 Å². The summed E-state index contributed by atoms with van der Waals surface area (Å²) in [6.45, 7) is 0.667. The second-order valence-corrected chi connectivity index (χ2v) is 7.62. The Bertz CT molecular complexity index is 843. The van der Waals surface area contributed by atoms with Crippen LogP contribution in [-0.4, -0.2) is 33.3 Å². The maximum Gasteiger partial charge on any atom is 0.263 e. The molecule has 2 aromatic rings. The Morgan fingerprint density at radius 3 is 2.83 bits per heavy atom. The fraction of sp³-hybridized carbons (Fsp3) is 0.200. The summed E-state index contributed by atoms with van der Waals surface area (Å²) >= 11 is 1.54. The first-order valence-corrected chi connectivity index (χ1v) is 9.38. The van der Waals surface area contributed by atoms with Crippen molar-refractivity contribution < 1.29 is 13.2 Å². The van der Waals surface area contributed by atoms with Crippen molar-refractivity contribution in [1.29, 1.82) is 0 Å². The van der Waals surface area contributed by atoms with Gasteiger partial charge in [0.1, 0.15) is 5.84 Å². The SMILES string of the molecule is O=C(Cc1cccs1)NCCN=C1NS(=O)(=O)c2ccccc21. The third-order valence-corrected chi connectivity index (χ3v) is 5.56. The van der Waals surface area contributed by atoms with Gasteiger partial charge in [0, 0.05) is 17.0 Å². The van der Waals surface area contributed by atoms with Gasteiger partial charge in [-0.05, 0) is 23.6 Å². The van der Waals surface area contributed by atoms with E-state index in [1.54, 1.807) is 24.3 Å². The highest BCUT2D eigenvalue weighted by atomic mass is 32.2. The summed E-state index contributed by atoms with van der Waals surface area (Å²) in [6, 6.07) is 10.5. The largest absolute Gasteiger partial charge is 0.354 e. The Hall–Kier alpha value is -2.19. The Morgan fingerprint density at radius 2 is 2.04 bits per heavy atom. The van der Waals surface area contributed by atoms with Gasteiger partial charge in [0.2, 0.25) is 5.91 Å². The van der Waals surface area contributed by atoms with E-state index in [1.807, 2.05) is 17.5 Å². The third kappa shape index (κ3) is 3.59. The minimum Gasteiger partial charge on any atom is -0.354 e. The van der Waals surface area contributed by atoms with E-state index in [0.717, 1.165) is 4.88 Å². The molecule has 8 heteroatoms. The minimum absolute atomic E-state index is 0.0694. The van der Waals surface area contributed by atoms with Gasteiger partial charge in [0.15, 0.2) is 0 Å². The van der Waals surface area contributed by atoms with Crippen molar-refractivity contribution in [2.45, 2.75) is 11.3 Å². The molecule has 0 aliphatic carbocycles. The fourth-order valence-corrected chi connectivity index (χ4v) is 4.20. The monoisotopic (exact) mass is 349 g/mol. The number of aliphatic imine (C=N–C) groups is 1. The fourth-order valence-electron chi connectivity index (χ4n) is 2.25. The van der Waals surface area contributed by atoms with Crippen LogP contribution in [0.5, 0.6) is 0 Å².